The van der Waals surface area contributed by atoms with Gasteiger partial charge in [-0.05, 0) is 47.1 Å². The lowest BCUT2D eigenvalue weighted by atomic mass is 9.97. The first-order valence-corrected chi connectivity index (χ1v) is 6.77. The van der Waals surface area contributed by atoms with Crippen LogP contribution in [0, 0.1) is 11.3 Å². The van der Waals surface area contributed by atoms with E-state index in [4.69, 9.17) is 0 Å². The van der Waals surface area contributed by atoms with E-state index >= 15 is 0 Å². The van der Waals surface area contributed by atoms with Crippen LogP contribution in [0.1, 0.15) is 53.9 Å². The van der Waals surface area contributed by atoms with Crippen LogP contribution >= 0.6 is 0 Å². The summed E-state index contributed by atoms with van der Waals surface area (Å²) in [7, 11) is 2.16. The first kappa shape index (κ1) is 16.4. The lowest BCUT2D eigenvalue weighted by Crippen LogP contribution is -2.47. The first-order valence-electron chi connectivity index (χ1n) is 6.77. The predicted molar refractivity (Wildman–Crippen MR) is 73.9 cm³/mol. The second-order valence-electron chi connectivity index (χ2n) is 5.44. The Morgan fingerprint density at radius 1 is 1.29 bits per heavy atom. The largest absolute Gasteiger partial charge is 0.303 e. The molecule has 17 heavy (non-hydrogen) atoms. The molecule has 0 aliphatic carbocycles. The molecule has 0 spiro atoms. The van der Waals surface area contributed by atoms with Gasteiger partial charge in [0.2, 0.25) is 0 Å². The predicted octanol–water partition coefficient (Wildman–Crippen LogP) is 2.78. The molecule has 0 aromatic heterocycles. The van der Waals surface area contributed by atoms with E-state index in [-0.39, 0.29) is 0 Å². The Kier molecular flexibility index (Phi) is 7.41. The van der Waals surface area contributed by atoms with Gasteiger partial charge in [-0.25, -0.2) is 0 Å². The molecule has 100 valence electrons. The third kappa shape index (κ3) is 6.05. The van der Waals surface area contributed by atoms with Crippen LogP contribution in [0.3, 0.4) is 0 Å². The van der Waals surface area contributed by atoms with Crippen molar-refractivity contribution in [3.63, 3.8) is 0 Å². The van der Waals surface area contributed by atoms with Gasteiger partial charge in [0, 0.05) is 18.6 Å². The maximum Gasteiger partial charge on any atom is 0.105 e. The molecular weight excluding hydrogens is 210 g/mol. The van der Waals surface area contributed by atoms with Gasteiger partial charge in [0.25, 0.3) is 0 Å². The van der Waals surface area contributed by atoms with Crippen LogP contribution in [0.4, 0.5) is 0 Å². The van der Waals surface area contributed by atoms with Gasteiger partial charge < -0.3 is 4.90 Å². The molecule has 1 N–H and O–H groups in total. The van der Waals surface area contributed by atoms with E-state index in [1.807, 2.05) is 6.92 Å². The maximum atomic E-state index is 9.27. The second kappa shape index (κ2) is 7.68. The second-order valence-corrected chi connectivity index (χ2v) is 5.44. The molecule has 0 fully saturated rings. The molecule has 1 unspecified atom stereocenters. The summed E-state index contributed by atoms with van der Waals surface area (Å²) in [5.74, 6) is 0. The van der Waals surface area contributed by atoms with Crippen LogP contribution in [-0.4, -0.2) is 36.1 Å². The van der Waals surface area contributed by atoms with Crippen LogP contribution in [0.15, 0.2) is 0 Å². The summed E-state index contributed by atoms with van der Waals surface area (Å²) < 4.78 is 0. The number of nitriles is 1. The number of hydrogen-bond acceptors (Lipinski definition) is 3. The standard InChI is InChI=1S/C14H29N3/c1-7-13(8-2)17(6)10-9-14(5,11-15)16-12(3)4/h12-13,16H,7-10H2,1-6H3. The summed E-state index contributed by atoms with van der Waals surface area (Å²) in [4.78, 5) is 2.37. The molecule has 0 rings (SSSR count). The smallest absolute Gasteiger partial charge is 0.105 e. The Balaban J connectivity index is 4.28. The third-order valence-corrected chi connectivity index (χ3v) is 3.38. The summed E-state index contributed by atoms with van der Waals surface area (Å²) in [6.45, 7) is 11.6. The highest BCUT2D eigenvalue weighted by Crippen LogP contribution is 2.13. The van der Waals surface area contributed by atoms with Gasteiger partial charge in [0.05, 0.1) is 6.07 Å². The zero-order valence-electron chi connectivity index (χ0n) is 12.4. The fourth-order valence-corrected chi connectivity index (χ4v) is 2.29. The lowest BCUT2D eigenvalue weighted by Gasteiger charge is -2.31. The molecule has 0 aromatic rings. The maximum absolute atomic E-state index is 9.27. The van der Waals surface area contributed by atoms with Crippen molar-refractivity contribution >= 4 is 0 Å². The van der Waals surface area contributed by atoms with Crippen LogP contribution < -0.4 is 5.32 Å². The number of nitrogens with one attached hydrogen (secondary N) is 1. The summed E-state index contributed by atoms with van der Waals surface area (Å²) in [5, 5.41) is 12.6. The molecule has 0 radical (unpaired) electrons. The van der Waals surface area contributed by atoms with Gasteiger partial charge in [-0.3, -0.25) is 5.32 Å². The van der Waals surface area contributed by atoms with Gasteiger partial charge in [-0.2, -0.15) is 5.26 Å². The minimum Gasteiger partial charge on any atom is -0.303 e. The Labute approximate surface area is 107 Å². The van der Waals surface area contributed by atoms with E-state index in [1.165, 1.54) is 12.8 Å². The van der Waals surface area contributed by atoms with E-state index in [9.17, 15) is 5.26 Å². The molecule has 1 atom stereocenters. The fraction of sp³-hybridized carbons (Fsp3) is 0.929. The van der Waals surface area contributed by atoms with Gasteiger partial charge in [0.1, 0.15) is 5.54 Å². The number of nitrogens with zero attached hydrogens (tertiary/aromatic N) is 2. The topological polar surface area (TPSA) is 39.1 Å². The van der Waals surface area contributed by atoms with Gasteiger partial charge >= 0.3 is 0 Å². The normalized spacial score (nSPS) is 15.3. The van der Waals surface area contributed by atoms with Crippen molar-refractivity contribution in [2.24, 2.45) is 0 Å². The molecule has 3 nitrogen and oxygen atoms in total. The zero-order chi connectivity index (χ0) is 13.5. The molecular formula is C14H29N3. The van der Waals surface area contributed by atoms with Crippen molar-refractivity contribution in [1.29, 1.82) is 5.26 Å². The summed E-state index contributed by atoms with van der Waals surface area (Å²) in [5.41, 5.74) is -0.408. The highest BCUT2D eigenvalue weighted by molar-refractivity contribution is 5.04. The summed E-state index contributed by atoms with van der Waals surface area (Å²) >= 11 is 0. The van der Waals surface area contributed by atoms with Crippen molar-refractivity contribution in [3.05, 3.63) is 0 Å². The Morgan fingerprint density at radius 2 is 1.82 bits per heavy atom. The number of hydrogen-bond donors (Lipinski definition) is 1. The van der Waals surface area contributed by atoms with Crippen molar-refractivity contribution in [3.8, 4) is 6.07 Å². The molecule has 3 heteroatoms. The summed E-state index contributed by atoms with van der Waals surface area (Å²) in [6.07, 6.45) is 3.22. The van der Waals surface area contributed by atoms with E-state index in [0.717, 1.165) is 13.0 Å². The highest BCUT2D eigenvalue weighted by atomic mass is 15.1. The molecule has 0 saturated carbocycles. The molecule has 0 heterocycles. The molecule has 0 bridgehead atoms. The quantitative estimate of drug-likeness (QED) is 0.708. The van der Waals surface area contributed by atoms with Crippen molar-refractivity contribution in [1.82, 2.24) is 10.2 Å². The SMILES string of the molecule is CCC(CC)N(C)CCC(C)(C#N)NC(C)C. The minimum absolute atomic E-state index is 0.345. The Morgan fingerprint density at radius 3 is 2.18 bits per heavy atom. The van der Waals surface area contributed by atoms with Crippen LogP contribution in [0.2, 0.25) is 0 Å². The van der Waals surface area contributed by atoms with E-state index in [1.54, 1.807) is 0 Å². The first-order chi connectivity index (χ1) is 7.88. The average Bonchev–Trinajstić information content (AvgIpc) is 2.27. The van der Waals surface area contributed by atoms with Crippen molar-refractivity contribution in [2.75, 3.05) is 13.6 Å². The van der Waals surface area contributed by atoms with Crippen molar-refractivity contribution in [2.45, 2.75) is 71.5 Å². The molecule has 0 amide bonds. The minimum atomic E-state index is -0.408. The van der Waals surface area contributed by atoms with Crippen LogP contribution in [-0.2, 0) is 0 Å². The van der Waals surface area contributed by atoms with E-state index in [0.29, 0.717) is 12.1 Å². The lowest BCUT2D eigenvalue weighted by molar-refractivity contribution is 0.207. The Bertz CT molecular complexity index is 240. The third-order valence-electron chi connectivity index (χ3n) is 3.38. The summed E-state index contributed by atoms with van der Waals surface area (Å²) in [6, 6.07) is 3.38. The van der Waals surface area contributed by atoms with Crippen molar-refractivity contribution < 1.29 is 0 Å². The monoisotopic (exact) mass is 239 g/mol. The zero-order valence-corrected chi connectivity index (χ0v) is 12.4. The molecule has 0 saturated heterocycles. The Hall–Kier alpha value is -0.590. The molecule has 0 aliphatic heterocycles. The molecule has 0 aromatic carbocycles. The highest BCUT2D eigenvalue weighted by Gasteiger charge is 2.25. The van der Waals surface area contributed by atoms with Crippen LogP contribution in [0.5, 0.6) is 0 Å². The van der Waals surface area contributed by atoms with Gasteiger partial charge in [0.15, 0.2) is 0 Å². The average molecular weight is 239 g/mol. The number of rotatable bonds is 8. The fourth-order valence-electron chi connectivity index (χ4n) is 2.29. The van der Waals surface area contributed by atoms with E-state index in [2.05, 4.69) is 51.0 Å². The molecule has 0 aliphatic rings. The van der Waals surface area contributed by atoms with Crippen LogP contribution in [0.25, 0.3) is 0 Å². The van der Waals surface area contributed by atoms with Gasteiger partial charge in [-0.15, -0.1) is 0 Å². The van der Waals surface area contributed by atoms with E-state index < -0.39 is 5.54 Å². The van der Waals surface area contributed by atoms with Gasteiger partial charge in [-0.1, -0.05) is 13.8 Å².